The molecule has 1 atom stereocenters. The SMILES string of the molecule is CC1(C(=O)Nc2ccc(OC(F)(F)F)cc2)CCCN(Cc2ccccc2)S1(=O)=O. The molecule has 30 heavy (non-hydrogen) atoms. The molecule has 0 bridgehead atoms. The van der Waals surface area contributed by atoms with Crippen molar-refractivity contribution >= 4 is 21.6 Å². The normalized spacial score (nSPS) is 21.7. The molecular formula is C20H21F3N2O4S. The molecule has 0 spiro atoms. The van der Waals surface area contributed by atoms with Crippen LogP contribution < -0.4 is 10.1 Å². The maximum Gasteiger partial charge on any atom is 0.573 e. The molecule has 1 unspecified atom stereocenters. The van der Waals surface area contributed by atoms with Crippen molar-refractivity contribution in [1.82, 2.24) is 4.31 Å². The van der Waals surface area contributed by atoms with Gasteiger partial charge in [-0.05, 0) is 49.6 Å². The van der Waals surface area contributed by atoms with Gasteiger partial charge in [0.15, 0.2) is 4.75 Å². The zero-order chi connectivity index (χ0) is 22.0. The summed E-state index contributed by atoms with van der Waals surface area (Å²) in [4.78, 5) is 12.9. The van der Waals surface area contributed by atoms with Crippen molar-refractivity contribution < 1.29 is 31.1 Å². The second-order valence-electron chi connectivity index (χ2n) is 7.18. The molecule has 0 saturated carbocycles. The number of amides is 1. The molecule has 1 fully saturated rings. The summed E-state index contributed by atoms with van der Waals surface area (Å²) in [6.07, 6.45) is -4.17. The Morgan fingerprint density at radius 3 is 2.37 bits per heavy atom. The lowest BCUT2D eigenvalue weighted by atomic mass is 10.0. The summed E-state index contributed by atoms with van der Waals surface area (Å²) in [5, 5.41) is 2.50. The van der Waals surface area contributed by atoms with E-state index in [1.807, 2.05) is 30.3 Å². The van der Waals surface area contributed by atoms with E-state index in [2.05, 4.69) is 10.1 Å². The maximum absolute atomic E-state index is 13.2. The minimum atomic E-state index is -4.82. The zero-order valence-corrected chi connectivity index (χ0v) is 17.0. The summed E-state index contributed by atoms with van der Waals surface area (Å²) < 4.78 is 66.6. The third kappa shape index (κ3) is 4.76. The lowest BCUT2D eigenvalue weighted by molar-refractivity contribution is -0.274. The Bertz CT molecular complexity index is 995. The standard InChI is InChI=1S/C20H21F3N2O4S/c1-19(18(26)24-16-8-10-17(11-9-16)29-20(21,22)23)12-5-13-25(30(19,27)28)14-15-6-3-2-4-7-15/h2-4,6-11H,5,12-14H2,1H3,(H,24,26). The van der Waals surface area contributed by atoms with Gasteiger partial charge < -0.3 is 10.1 Å². The predicted molar refractivity (Wildman–Crippen MR) is 105 cm³/mol. The number of benzene rings is 2. The van der Waals surface area contributed by atoms with Crippen LogP contribution in [0.5, 0.6) is 5.75 Å². The molecule has 6 nitrogen and oxygen atoms in total. The Morgan fingerprint density at radius 1 is 1.13 bits per heavy atom. The average molecular weight is 442 g/mol. The summed E-state index contributed by atoms with van der Waals surface area (Å²) in [5.74, 6) is -1.17. The van der Waals surface area contributed by atoms with E-state index in [4.69, 9.17) is 0 Å². The van der Waals surface area contributed by atoms with Crippen LogP contribution in [0.4, 0.5) is 18.9 Å². The number of sulfonamides is 1. The molecule has 0 aromatic heterocycles. The minimum absolute atomic E-state index is 0.141. The predicted octanol–water partition coefficient (Wildman–Crippen LogP) is 3.91. The molecule has 1 aliphatic rings. The van der Waals surface area contributed by atoms with Crippen LogP contribution in [0.3, 0.4) is 0 Å². The van der Waals surface area contributed by atoms with Gasteiger partial charge in [0.25, 0.3) is 0 Å². The van der Waals surface area contributed by atoms with Crippen LogP contribution in [0.2, 0.25) is 0 Å². The van der Waals surface area contributed by atoms with Gasteiger partial charge in [-0.25, -0.2) is 8.42 Å². The Balaban J connectivity index is 1.75. The number of hydrogen-bond donors (Lipinski definition) is 1. The van der Waals surface area contributed by atoms with Crippen molar-refractivity contribution in [2.45, 2.75) is 37.4 Å². The first kappa shape index (κ1) is 22.1. The van der Waals surface area contributed by atoms with Crippen LogP contribution in [0.15, 0.2) is 54.6 Å². The highest BCUT2D eigenvalue weighted by atomic mass is 32.2. The van der Waals surface area contributed by atoms with E-state index in [9.17, 15) is 26.4 Å². The molecule has 1 heterocycles. The van der Waals surface area contributed by atoms with E-state index in [1.54, 1.807) is 0 Å². The van der Waals surface area contributed by atoms with Gasteiger partial charge in [-0.15, -0.1) is 13.2 Å². The van der Waals surface area contributed by atoms with Crippen LogP contribution >= 0.6 is 0 Å². The fraction of sp³-hybridized carbons (Fsp3) is 0.350. The summed E-state index contributed by atoms with van der Waals surface area (Å²) >= 11 is 0. The summed E-state index contributed by atoms with van der Waals surface area (Å²) in [7, 11) is -3.97. The first-order chi connectivity index (χ1) is 14.0. The van der Waals surface area contributed by atoms with Crippen LogP contribution in [-0.2, 0) is 21.4 Å². The van der Waals surface area contributed by atoms with Crippen molar-refractivity contribution in [2.75, 3.05) is 11.9 Å². The number of alkyl halides is 3. The van der Waals surface area contributed by atoms with Crippen LogP contribution in [-0.4, -0.2) is 36.3 Å². The number of anilines is 1. The molecule has 1 saturated heterocycles. The van der Waals surface area contributed by atoms with Crippen LogP contribution in [0.25, 0.3) is 0 Å². The van der Waals surface area contributed by atoms with E-state index in [0.717, 1.165) is 17.7 Å². The summed E-state index contributed by atoms with van der Waals surface area (Å²) in [6.45, 7) is 1.84. The molecule has 0 radical (unpaired) electrons. The molecule has 1 N–H and O–H groups in total. The average Bonchev–Trinajstić information content (AvgIpc) is 2.67. The highest BCUT2D eigenvalue weighted by molar-refractivity contribution is 7.91. The van der Waals surface area contributed by atoms with E-state index in [-0.39, 0.29) is 18.7 Å². The number of halogens is 3. The van der Waals surface area contributed by atoms with E-state index in [1.165, 1.54) is 23.4 Å². The third-order valence-corrected chi connectivity index (χ3v) is 7.52. The number of carbonyl (C=O) groups is 1. The second kappa shape index (κ2) is 8.27. The first-order valence-corrected chi connectivity index (χ1v) is 10.7. The van der Waals surface area contributed by atoms with Gasteiger partial charge in [0.2, 0.25) is 15.9 Å². The van der Waals surface area contributed by atoms with Crippen molar-refractivity contribution in [3.05, 3.63) is 60.2 Å². The zero-order valence-electron chi connectivity index (χ0n) is 16.1. The van der Waals surface area contributed by atoms with Gasteiger partial charge in [-0.1, -0.05) is 30.3 Å². The minimum Gasteiger partial charge on any atom is -0.406 e. The Morgan fingerprint density at radius 2 is 1.77 bits per heavy atom. The quantitative estimate of drug-likeness (QED) is 0.762. The Kier molecular flexibility index (Phi) is 6.09. The number of nitrogens with zero attached hydrogens (tertiary/aromatic N) is 1. The third-order valence-electron chi connectivity index (χ3n) is 5.00. The lowest BCUT2D eigenvalue weighted by Gasteiger charge is -2.38. The van der Waals surface area contributed by atoms with Gasteiger partial charge in [-0.2, -0.15) is 4.31 Å². The van der Waals surface area contributed by atoms with Gasteiger partial charge in [-0.3, -0.25) is 4.79 Å². The van der Waals surface area contributed by atoms with Crippen molar-refractivity contribution in [3.63, 3.8) is 0 Å². The number of rotatable bonds is 5. The highest BCUT2D eigenvalue weighted by Gasteiger charge is 2.51. The topological polar surface area (TPSA) is 75.7 Å². The molecule has 10 heteroatoms. The van der Waals surface area contributed by atoms with Crippen molar-refractivity contribution in [2.24, 2.45) is 0 Å². The van der Waals surface area contributed by atoms with Crippen molar-refractivity contribution in [3.8, 4) is 5.75 Å². The summed E-state index contributed by atoms with van der Waals surface area (Å²) in [5.41, 5.74) is 0.983. The fourth-order valence-electron chi connectivity index (χ4n) is 3.31. The molecule has 0 aliphatic carbocycles. The van der Waals surface area contributed by atoms with Gasteiger partial charge in [0, 0.05) is 18.8 Å². The Labute approximate surface area is 172 Å². The second-order valence-corrected chi connectivity index (χ2v) is 9.55. The molecule has 1 aliphatic heterocycles. The molecule has 162 valence electrons. The van der Waals surface area contributed by atoms with Gasteiger partial charge in [0.1, 0.15) is 5.75 Å². The molecule has 3 rings (SSSR count). The molecule has 1 amide bonds. The highest BCUT2D eigenvalue weighted by Crippen LogP contribution is 2.34. The number of ether oxygens (including phenoxy) is 1. The molecule has 2 aromatic rings. The maximum atomic E-state index is 13.2. The fourth-order valence-corrected chi connectivity index (χ4v) is 5.26. The first-order valence-electron chi connectivity index (χ1n) is 9.22. The van der Waals surface area contributed by atoms with Crippen molar-refractivity contribution in [1.29, 1.82) is 0 Å². The molecule has 2 aromatic carbocycles. The lowest BCUT2D eigenvalue weighted by Crippen LogP contribution is -2.56. The summed E-state index contributed by atoms with van der Waals surface area (Å²) in [6, 6.07) is 13.6. The van der Waals surface area contributed by atoms with Crippen LogP contribution in [0.1, 0.15) is 25.3 Å². The number of carbonyl (C=O) groups excluding carboxylic acids is 1. The Hall–Kier alpha value is -2.59. The monoisotopic (exact) mass is 442 g/mol. The number of nitrogens with one attached hydrogen (secondary N) is 1. The largest absolute Gasteiger partial charge is 0.573 e. The van der Waals surface area contributed by atoms with E-state index in [0.29, 0.717) is 13.0 Å². The smallest absolute Gasteiger partial charge is 0.406 e. The van der Waals surface area contributed by atoms with E-state index >= 15 is 0 Å². The van der Waals surface area contributed by atoms with Gasteiger partial charge >= 0.3 is 6.36 Å². The van der Waals surface area contributed by atoms with Gasteiger partial charge in [0.05, 0.1) is 0 Å². The van der Waals surface area contributed by atoms with Crippen LogP contribution in [0, 0.1) is 0 Å². The molecular weight excluding hydrogens is 421 g/mol. The number of hydrogen-bond acceptors (Lipinski definition) is 4. The van der Waals surface area contributed by atoms with E-state index < -0.39 is 32.8 Å².